The van der Waals surface area contributed by atoms with E-state index >= 15 is 0 Å². The molecule has 8 heteroatoms. The fraction of sp³-hybridized carbons (Fsp3) is 0.421. The van der Waals surface area contributed by atoms with E-state index in [1.54, 1.807) is 11.6 Å². The summed E-state index contributed by atoms with van der Waals surface area (Å²) in [6.45, 7) is 3.56. The molecular weight excluding hydrogens is 346 g/mol. The minimum Gasteiger partial charge on any atom is -0.462 e. The predicted octanol–water partition coefficient (Wildman–Crippen LogP) is 1.88. The van der Waals surface area contributed by atoms with Gasteiger partial charge in [-0.2, -0.15) is 5.10 Å². The van der Waals surface area contributed by atoms with Gasteiger partial charge in [0.1, 0.15) is 5.56 Å². The number of aromatic nitrogens is 4. The van der Waals surface area contributed by atoms with Gasteiger partial charge < -0.3 is 14.8 Å². The molecule has 3 aromatic rings. The molecule has 3 heterocycles. The highest BCUT2D eigenvalue weighted by atomic mass is 16.5. The highest BCUT2D eigenvalue weighted by Crippen LogP contribution is 2.24. The topological polar surface area (TPSA) is 96.3 Å². The molecule has 0 bridgehead atoms. The molecule has 0 amide bonds. The van der Waals surface area contributed by atoms with Crippen molar-refractivity contribution in [2.24, 2.45) is 0 Å². The summed E-state index contributed by atoms with van der Waals surface area (Å²) in [6, 6.07) is 7.83. The van der Waals surface area contributed by atoms with Crippen molar-refractivity contribution in [3.8, 4) is 5.95 Å². The highest BCUT2D eigenvalue weighted by Gasteiger charge is 2.28. The summed E-state index contributed by atoms with van der Waals surface area (Å²) in [5.41, 5.74) is 2.89. The second-order valence-corrected chi connectivity index (χ2v) is 6.66. The quantitative estimate of drug-likeness (QED) is 0.644. The largest absolute Gasteiger partial charge is 0.462 e. The van der Waals surface area contributed by atoms with E-state index in [-0.39, 0.29) is 12.6 Å². The molecule has 1 saturated heterocycles. The second-order valence-electron chi connectivity index (χ2n) is 6.66. The van der Waals surface area contributed by atoms with Gasteiger partial charge in [0.2, 0.25) is 5.95 Å². The number of para-hydroxylation sites is 2. The third kappa shape index (κ3) is 3.33. The number of aliphatic hydroxyl groups excluding tert-OH is 1. The molecule has 1 aliphatic heterocycles. The predicted molar refractivity (Wildman–Crippen MR) is 99.7 cm³/mol. The summed E-state index contributed by atoms with van der Waals surface area (Å²) in [4.78, 5) is 22.5. The van der Waals surface area contributed by atoms with Crippen molar-refractivity contribution >= 4 is 17.0 Å². The number of H-pyrrole nitrogens is 1. The van der Waals surface area contributed by atoms with Crippen LogP contribution in [0.15, 0.2) is 30.5 Å². The molecule has 142 valence electrons. The molecule has 0 radical (unpaired) electrons. The number of esters is 1. The van der Waals surface area contributed by atoms with Crippen molar-refractivity contribution in [3.05, 3.63) is 41.7 Å². The molecule has 0 unspecified atom stereocenters. The number of hydrogen-bond acceptors (Lipinski definition) is 6. The van der Waals surface area contributed by atoms with E-state index in [4.69, 9.17) is 4.74 Å². The summed E-state index contributed by atoms with van der Waals surface area (Å²) in [5.74, 6) is 0.163. The minimum absolute atomic E-state index is 0.0964. The first-order chi connectivity index (χ1) is 13.2. The number of carbonyl (C=O) groups is 1. The molecule has 1 aromatic carbocycles. The molecule has 0 aliphatic carbocycles. The van der Waals surface area contributed by atoms with Crippen LogP contribution in [0.3, 0.4) is 0 Å². The number of nitrogens with one attached hydrogen (secondary N) is 1. The molecule has 1 fully saturated rings. The number of benzene rings is 1. The molecule has 27 heavy (non-hydrogen) atoms. The number of rotatable bonds is 6. The lowest BCUT2D eigenvalue weighted by molar-refractivity contribution is 0.0523. The molecule has 0 spiro atoms. The van der Waals surface area contributed by atoms with E-state index in [0.717, 1.165) is 30.4 Å². The maximum absolute atomic E-state index is 12.4. The standard InChI is InChI=1S/C19H23N5O3/c1-2-27-18(26)14-10-20-24(17(14)11-23-9-5-6-13(23)12-25)19-21-15-7-3-4-8-16(15)22-19/h3-4,7-8,10,13,25H,2,5-6,9,11-12H2,1H3,(H,21,22)/t13-/m0/s1. The maximum atomic E-state index is 12.4. The van der Waals surface area contributed by atoms with Crippen LogP contribution in [0.1, 0.15) is 35.8 Å². The minimum atomic E-state index is -0.394. The Hall–Kier alpha value is -2.71. The van der Waals surface area contributed by atoms with E-state index in [1.807, 2.05) is 24.3 Å². The average Bonchev–Trinajstić information content (AvgIpc) is 3.39. The highest BCUT2D eigenvalue weighted by molar-refractivity contribution is 5.90. The first kappa shape index (κ1) is 17.7. The smallest absolute Gasteiger partial charge is 0.341 e. The number of ether oxygens (including phenoxy) is 1. The maximum Gasteiger partial charge on any atom is 0.341 e. The average molecular weight is 369 g/mol. The summed E-state index contributed by atoms with van der Waals surface area (Å²) < 4.78 is 6.87. The molecule has 0 saturated carbocycles. The zero-order valence-electron chi connectivity index (χ0n) is 15.3. The van der Waals surface area contributed by atoms with Gasteiger partial charge in [0, 0.05) is 12.6 Å². The van der Waals surface area contributed by atoms with Crippen LogP contribution in [-0.2, 0) is 11.3 Å². The van der Waals surface area contributed by atoms with Crippen LogP contribution in [0.4, 0.5) is 0 Å². The number of aromatic amines is 1. The number of fused-ring (bicyclic) bond motifs is 1. The number of imidazole rings is 1. The van der Waals surface area contributed by atoms with Crippen LogP contribution in [0.5, 0.6) is 0 Å². The Morgan fingerprint density at radius 2 is 2.26 bits per heavy atom. The lowest BCUT2D eigenvalue weighted by atomic mass is 10.2. The SMILES string of the molecule is CCOC(=O)c1cnn(-c2nc3ccccc3[nH]2)c1CN1CCC[C@H]1CO. The van der Waals surface area contributed by atoms with E-state index in [0.29, 0.717) is 30.4 Å². The van der Waals surface area contributed by atoms with Gasteiger partial charge in [-0.05, 0) is 38.4 Å². The van der Waals surface area contributed by atoms with Gasteiger partial charge in [-0.25, -0.2) is 14.5 Å². The Labute approximate surface area is 156 Å². The number of hydrogen-bond donors (Lipinski definition) is 2. The summed E-state index contributed by atoms with van der Waals surface area (Å²) in [6.07, 6.45) is 3.51. The third-order valence-electron chi connectivity index (χ3n) is 5.00. The van der Waals surface area contributed by atoms with E-state index in [9.17, 15) is 9.90 Å². The van der Waals surface area contributed by atoms with E-state index in [2.05, 4.69) is 20.0 Å². The summed E-state index contributed by atoms with van der Waals surface area (Å²) in [7, 11) is 0. The fourth-order valence-corrected chi connectivity index (χ4v) is 3.63. The first-order valence-electron chi connectivity index (χ1n) is 9.25. The third-order valence-corrected chi connectivity index (χ3v) is 5.00. The molecule has 2 N–H and O–H groups in total. The van der Waals surface area contributed by atoms with Gasteiger partial charge in [-0.1, -0.05) is 12.1 Å². The van der Waals surface area contributed by atoms with Gasteiger partial charge in [0.15, 0.2) is 0 Å². The van der Waals surface area contributed by atoms with Crippen LogP contribution >= 0.6 is 0 Å². The normalized spacial score (nSPS) is 17.6. The molecule has 4 rings (SSSR count). The first-order valence-corrected chi connectivity index (χ1v) is 9.25. The van der Waals surface area contributed by atoms with Gasteiger partial charge >= 0.3 is 5.97 Å². The Morgan fingerprint density at radius 3 is 3.04 bits per heavy atom. The summed E-state index contributed by atoms with van der Waals surface area (Å²) >= 11 is 0. The molecule has 1 aliphatic rings. The second kappa shape index (κ2) is 7.50. The molecule has 2 aromatic heterocycles. The van der Waals surface area contributed by atoms with Crippen LogP contribution in [0.2, 0.25) is 0 Å². The van der Waals surface area contributed by atoms with E-state index in [1.165, 1.54) is 6.20 Å². The zero-order chi connectivity index (χ0) is 18.8. The Bertz CT molecular complexity index is 915. The summed E-state index contributed by atoms with van der Waals surface area (Å²) in [5, 5.41) is 14.0. The Kier molecular flexibility index (Phi) is 4.91. The number of nitrogens with zero attached hydrogens (tertiary/aromatic N) is 4. The van der Waals surface area contributed by atoms with E-state index < -0.39 is 5.97 Å². The van der Waals surface area contributed by atoms with Gasteiger partial charge in [0.05, 0.1) is 36.1 Å². The molecule has 1 atom stereocenters. The van der Waals surface area contributed by atoms with Gasteiger partial charge in [-0.15, -0.1) is 0 Å². The van der Waals surface area contributed by atoms with Crippen molar-refractivity contribution < 1.29 is 14.6 Å². The lowest BCUT2D eigenvalue weighted by Gasteiger charge is -2.23. The van der Waals surface area contributed by atoms with Crippen molar-refractivity contribution in [1.82, 2.24) is 24.6 Å². The molecular formula is C19H23N5O3. The van der Waals surface area contributed by atoms with Crippen LogP contribution < -0.4 is 0 Å². The van der Waals surface area contributed by atoms with Crippen molar-refractivity contribution in [2.45, 2.75) is 32.4 Å². The number of aliphatic hydroxyl groups is 1. The van der Waals surface area contributed by atoms with Gasteiger partial charge in [0.25, 0.3) is 0 Å². The fourth-order valence-electron chi connectivity index (χ4n) is 3.63. The van der Waals surface area contributed by atoms with Crippen LogP contribution in [0.25, 0.3) is 17.0 Å². The van der Waals surface area contributed by atoms with Gasteiger partial charge in [-0.3, -0.25) is 4.90 Å². The van der Waals surface area contributed by atoms with Crippen LogP contribution in [-0.4, -0.2) is 61.5 Å². The number of likely N-dealkylation sites (tertiary alicyclic amines) is 1. The van der Waals surface area contributed by atoms with Crippen molar-refractivity contribution in [2.75, 3.05) is 19.8 Å². The van der Waals surface area contributed by atoms with Crippen molar-refractivity contribution in [3.63, 3.8) is 0 Å². The van der Waals surface area contributed by atoms with Crippen molar-refractivity contribution in [1.29, 1.82) is 0 Å². The molecule has 8 nitrogen and oxygen atoms in total. The monoisotopic (exact) mass is 369 g/mol. The lowest BCUT2D eigenvalue weighted by Crippen LogP contribution is -2.33. The Balaban J connectivity index is 1.75. The number of carbonyl (C=O) groups excluding carboxylic acids is 1. The zero-order valence-corrected chi connectivity index (χ0v) is 15.3. The van der Waals surface area contributed by atoms with Crippen LogP contribution in [0, 0.1) is 0 Å². The Morgan fingerprint density at radius 1 is 1.41 bits per heavy atom.